The molecule has 6 aliphatic rings. The van der Waals surface area contributed by atoms with Crippen LogP contribution in [0, 0.1) is 11.3 Å². The van der Waals surface area contributed by atoms with Gasteiger partial charge in [-0.25, -0.2) is 4.98 Å². The Labute approximate surface area is 227 Å². The maximum absolute atomic E-state index is 13.4. The molecule has 10 nitrogen and oxygen atoms in total. The van der Waals surface area contributed by atoms with E-state index in [1.165, 1.54) is 7.11 Å². The lowest BCUT2D eigenvalue weighted by molar-refractivity contribution is -0.125. The van der Waals surface area contributed by atoms with Gasteiger partial charge in [0.1, 0.15) is 16.4 Å². The number of hydrogen-bond acceptors (Lipinski definition) is 9. The highest BCUT2D eigenvalue weighted by Crippen LogP contribution is 2.41. The number of nitrogens with one attached hydrogen (secondary N) is 2. The first kappa shape index (κ1) is 25.9. The van der Waals surface area contributed by atoms with Crippen LogP contribution in [0.2, 0.25) is 0 Å². The quantitative estimate of drug-likeness (QED) is 0.470. The molecule has 6 heterocycles. The number of anilines is 4. The van der Waals surface area contributed by atoms with Crippen molar-refractivity contribution in [3.8, 4) is 5.75 Å². The SMILES string of the molecule is COc1cc2ccc1Nc1ncc3c(n1)N(CC(C)(C)C(=O)N3C)C1CCC(CC1)C(N)=CC(=S)NC2=O. The number of carbonyl (C=O) groups is 2. The van der Waals surface area contributed by atoms with Crippen molar-refractivity contribution in [2.45, 2.75) is 45.6 Å². The summed E-state index contributed by atoms with van der Waals surface area (Å²) in [7, 11) is 3.31. The van der Waals surface area contributed by atoms with Crippen molar-refractivity contribution in [1.82, 2.24) is 15.3 Å². The van der Waals surface area contributed by atoms with Crippen LogP contribution in [-0.4, -0.2) is 53.5 Å². The number of amides is 2. The van der Waals surface area contributed by atoms with Gasteiger partial charge in [-0.15, -0.1) is 0 Å². The molecular weight excluding hydrogens is 502 g/mol. The van der Waals surface area contributed by atoms with Gasteiger partial charge >= 0.3 is 0 Å². The summed E-state index contributed by atoms with van der Waals surface area (Å²) in [6.07, 6.45) is 6.88. The zero-order chi connectivity index (χ0) is 27.2. The van der Waals surface area contributed by atoms with Crippen molar-refractivity contribution in [3.63, 3.8) is 0 Å². The number of rotatable bonds is 1. The third-order valence-electron chi connectivity index (χ3n) is 7.69. The molecule has 1 fully saturated rings. The first-order chi connectivity index (χ1) is 18.1. The standard InChI is InChI=1S/C27H33N7O3S/c1-27(2)14-34-17-8-5-15(6-9-17)18(28)12-22(38)31-24(35)16-7-10-19(21(11-16)37-4)30-26-29-13-20(23(34)32-26)33(3)25(27)36/h7,10-13,15,17H,5-6,8-9,14,28H2,1-4H3,(H,29,30,32)(H,31,35,38). The van der Waals surface area contributed by atoms with Gasteiger partial charge in [0.15, 0.2) is 5.82 Å². The molecule has 0 unspecified atom stereocenters. The molecule has 5 aliphatic heterocycles. The minimum absolute atomic E-state index is 0.0211. The smallest absolute Gasteiger partial charge is 0.256 e. The molecule has 1 aliphatic carbocycles. The molecule has 1 saturated carbocycles. The van der Waals surface area contributed by atoms with Gasteiger partial charge in [-0.1, -0.05) is 12.2 Å². The molecular formula is C27H33N7O3S. The second kappa shape index (κ2) is 9.86. The molecule has 8 rings (SSSR count). The molecule has 38 heavy (non-hydrogen) atoms. The fourth-order valence-corrected chi connectivity index (χ4v) is 5.80. The van der Waals surface area contributed by atoms with Gasteiger partial charge in [-0.2, -0.15) is 4.98 Å². The van der Waals surface area contributed by atoms with Crippen LogP contribution in [0.4, 0.5) is 23.1 Å². The Balaban J connectivity index is 1.63. The van der Waals surface area contributed by atoms with Crippen molar-refractivity contribution in [3.05, 3.63) is 41.7 Å². The van der Waals surface area contributed by atoms with Crippen LogP contribution in [0.15, 0.2) is 36.2 Å². The molecule has 2 aromatic rings. The van der Waals surface area contributed by atoms with Gasteiger partial charge in [0.2, 0.25) is 11.9 Å². The molecule has 200 valence electrons. The fraction of sp³-hybridized carbons (Fsp3) is 0.444. The molecule has 0 atom stereocenters. The summed E-state index contributed by atoms with van der Waals surface area (Å²) in [6.45, 7) is 4.49. The molecule has 0 spiro atoms. The number of thiocarbonyl (C=S) groups is 1. The van der Waals surface area contributed by atoms with Crippen LogP contribution >= 0.6 is 12.2 Å². The first-order valence-electron chi connectivity index (χ1n) is 12.8. The Hall–Kier alpha value is -3.73. The van der Waals surface area contributed by atoms with Crippen molar-refractivity contribution in [1.29, 1.82) is 0 Å². The number of nitrogens with two attached hydrogens (primary N) is 1. The summed E-state index contributed by atoms with van der Waals surface area (Å²) in [5.41, 5.74) is 8.17. The summed E-state index contributed by atoms with van der Waals surface area (Å²) in [5, 5.41) is 5.98. The van der Waals surface area contributed by atoms with Gasteiger partial charge in [0, 0.05) is 30.9 Å². The lowest BCUT2D eigenvalue weighted by Gasteiger charge is -2.40. The monoisotopic (exact) mass is 535 g/mol. The van der Waals surface area contributed by atoms with E-state index in [2.05, 4.69) is 20.5 Å². The molecule has 0 radical (unpaired) electrons. The largest absolute Gasteiger partial charge is 0.495 e. The van der Waals surface area contributed by atoms with Crippen LogP contribution in [0.1, 0.15) is 49.9 Å². The molecule has 1 aromatic heterocycles. The molecule has 1 aromatic carbocycles. The molecule has 11 heteroatoms. The lowest BCUT2D eigenvalue weighted by Crippen LogP contribution is -2.47. The van der Waals surface area contributed by atoms with Crippen LogP contribution < -0.4 is 30.9 Å². The Morgan fingerprint density at radius 3 is 2.61 bits per heavy atom. The first-order valence-corrected chi connectivity index (χ1v) is 13.2. The Morgan fingerprint density at radius 1 is 1.16 bits per heavy atom. The zero-order valence-electron chi connectivity index (χ0n) is 22.1. The van der Waals surface area contributed by atoms with Crippen LogP contribution in [0.3, 0.4) is 0 Å². The highest BCUT2D eigenvalue weighted by Gasteiger charge is 2.42. The van der Waals surface area contributed by atoms with Gasteiger partial charge in [0.05, 0.1) is 24.4 Å². The summed E-state index contributed by atoms with van der Waals surface area (Å²) in [4.78, 5) is 39.9. The highest BCUT2D eigenvalue weighted by molar-refractivity contribution is 7.80. The number of hydrogen-bond donors (Lipinski definition) is 3. The molecule has 6 bridgehead atoms. The van der Waals surface area contributed by atoms with Gasteiger partial charge in [-0.3, -0.25) is 9.59 Å². The van der Waals surface area contributed by atoms with E-state index in [9.17, 15) is 9.59 Å². The number of carbonyl (C=O) groups excluding carboxylic acids is 2. The van der Waals surface area contributed by atoms with E-state index in [0.29, 0.717) is 46.7 Å². The summed E-state index contributed by atoms with van der Waals surface area (Å²) >= 11 is 5.42. The van der Waals surface area contributed by atoms with Crippen LogP contribution in [0.25, 0.3) is 0 Å². The number of allylic oxidation sites excluding steroid dienone is 1. The van der Waals surface area contributed by atoms with Gasteiger partial charge in [-0.05, 0) is 69.7 Å². The van der Waals surface area contributed by atoms with Crippen LogP contribution in [0.5, 0.6) is 5.75 Å². The van der Waals surface area contributed by atoms with E-state index in [1.54, 1.807) is 42.4 Å². The summed E-state index contributed by atoms with van der Waals surface area (Å²) in [6, 6.07) is 5.21. The molecule has 4 N–H and O–H groups in total. The predicted molar refractivity (Wildman–Crippen MR) is 151 cm³/mol. The second-order valence-electron chi connectivity index (χ2n) is 10.8. The van der Waals surface area contributed by atoms with E-state index in [4.69, 9.17) is 27.7 Å². The van der Waals surface area contributed by atoms with E-state index < -0.39 is 5.41 Å². The number of ether oxygens (including phenoxy) is 1. The lowest BCUT2D eigenvalue weighted by atomic mass is 9.82. The van der Waals surface area contributed by atoms with E-state index in [-0.39, 0.29) is 28.8 Å². The van der Waals surface area contributed by atoms with Gasteiger partial charge in [0.25, 0.3) is 5.91 Å². The van der Waals surface area contributed by atoms with Crippen molar-refractivity contribution in [2.75, 3.05) is 35.8 Å². The number of methoxy groups -OCH3 is 1. The Kier molecular flexibility index (Phi) is 6.72. The third-order valence-corrected chi connectivity index (χ3v) is 7.91. The Bertz CT molecular complexity index is 1330. The second-order valence-corrected chi connectivity index (χ2v) is 11.2. The van der Waals surface area contributed by atoms with Crippen molar-refractivity contribution in [2.24, 2.45) is 17.1 Å². The fourth-order valence-electron chi connectivity index (χ4n) is 5.57. The maximum Gasteiger partial charge on any atom is 0.256 e. The van der Waals surface area contributed by atoms with Crippen molar-refractivity contribution < 1.29 is 14.3 Å². The topological polar surface area (TPSA) is 126 Å². The minimum atomic E-state index is -0.612. The van der Waals surface area contributed by atoms with Crippen LogP contribution in [-0.2, 0) is 4.79 Å². The molecule has 0 saturated heterocycles. The van der Waals surface area contributed by atoms with E-state index in [1.807, 2.05) is 13.8 Å². The number of aromatic nitrogens is 2. The van der Waals surface area contributed by atoms with Gasteiger partial charge < -0.3 is 30.9 Å². The Morgan fingerprint density at radius 2 is 1.89 bits per heavy atom. The van der Waals surface area contributed by atoms with E-state index >= 15 is 0 Å². The number of benzene rings is 1. The maximum atomic E-state index is 13.4. The minimum Gasteiger partial charge on any atom is -0.495 e. The number of nitrogens with zero attached hydrogens (tertiary/aromatic N) is 4. The van der Waals surface area contributed by atoms with Crippen molar-refractivity contribution >= 4 is 52.2 Å². The zero-order valence-corrected chi connectivity index (χ0v) is 22.9. The molecule has 2 amide bonds. The average molecular weight is 536 g/mol. The third kappa shape index (κ3) is 4.78. The highest BCUT2D eigenvalue weighted by atomic mass is 32.1. The predicted octanol–water partition coefficient (Wildman–Crippen LogP) is 3.51. The summed E-state index contributed by atoms with van der Waals surface area (Å²) in [5.74, 6) is 1.36. The summed E-state index contributed by atoms with van der Waals surface area (Å²) < 4.78 is 5.55. The van der Waals surface area contributed by atoms with E-state index in [0.717, 1.165) is 25.7 Å². The normalized spacial score (nSPS) is 23.2. The average Bonchev–Trinajstić information content (AvgIpc) is 2.97.